The van der Waals surface area contributed by atoms with Crippen LogP contribution in [-0.4, -0.2) is 17.8 Å². The predicted molar refractivity (Wildman–Crippen MR) is 94.6 cm³/mol. The fraction of sp³-hybridized carbons (Fsp3) is 0.316. The first kappa shape index (κ1) is 18.4. The molecule has 0 saturated heterocycles. The standard InChI is InChI=1S/C19H21NO5/c1-11-8-12(2)19(14(4)21)13(3)16(11)10-25-17-7-6-15(20(22)23)9-18(17)24-5/h6-9H,10H2,1-5H3. The number of ketones is 1. The largest absolute Gasteiger partial charge is 0.493 e. The van der Waals surface area contributed by atoms with Crippen LogP contribution in [0.2, 0.25) is 0 Å². The van der Waals surface area contributed by atoms with E-state index in [2.05, 4.69) is 0 Å². The minimum atomic E-state index is -0.486. The Kier molecular flexibility index (Phi) is 5.41. The molecular formula is C19H21NO5. The lowest BCUT2D eigenvalue weighted by Gasteiger charge is -2.17. The zero-order chi connectivity index (χ0) is 18.7. The molecule has 0 radical (unpaired) electrons. The SMILES string of the molecule is COc1cc([N+](=O)[O-])ccc1OCc1c(C)cc(C)c(C(C)=O)c1C. The van der Waals surface area contributed by atoms with Gasteiger partial charge in [-0.15, -0.1) is 0 Å². The lowest BCUT2D eigenvalue weighted by molar-refractivity contribution is -0.385. The van der Waals surface area contributed by atoms with Crippen LogP contribution in [0.5, 0.6) is 11.5 Å². The summed E-state index contributed by atoms with van der Waals surface area (Å²) in [6.45, 7) is 7.58. The second-order valence-electron chi connectivity index (χ2n) is 5.93. The first-order chi connectivity index (χ1) is 11.8. The molecule has 2 aromatic rings. The van der Waals surface area contributed by atoms with Gasteiger partial charge in [0, 0.05) is 11.6 Å². The van der Waals surface area contributed by atoms with Gasteiger partial charge in [0.05, 0.1) is 18.1 Å². The van der Waals surface area contributed by atoms with E-state index in [1.54, 1.807) is 6.92 Å². The van der Waals surface area contributed by atoms with Crippen molar-refractivity contribution in [3.63, 3.8) is 0 Å². The van der Waals surface area contributed by atoms with Crippen LogP contribution in [0.15, 0.2) is 24.3 Å². The number of carbonyl (C=O) groups excluding carboxylic acids is 1. The molecule has 0 aromatic heterocycles. The van der Waals surface area contributed by atoms with Gasteiger partial charge >= 0.3 is 0 Å². The summed E-state index contributed by atoms with van der Waals surface area (Å²) in [5.74, 6) is 0.726. The second-order valence-corrected chi connectivity index (χ2v) is 5.93. The van der Waals surface area contributed by atoms with E-state index >= 15 is 0 Å². The molecule has 0 spiro atoms. The Morgan fingerprint density at radius 2 is 1.80 bits per heavy atom. The minimum absolute atomic E-state index is 0.0177. The molecule has 0 atom stereocenters. The van der Waals surface area contributed by atoms with Gasteiger partial charge in [0.15, 0.2) is 17.3 Å². The summed E-state index contributed by atoms with van der Waals surface area (Å²) in [7, 11) is 1.43. The Bertz CT molecular complexity index is 842. The molecule has 0 N–H and O–H groups in total. The summed E-state index contributed by atoms with van der Waals surface area (Å²) in [5, 5.41) is 10.9. The third-order valence-electron chi connectivity index (χ3n) is 4.21. The number of non-ortho nitro benzene ring substituents is 1. The molecule has 0 aliphatic carbocycles. The Hall–Kier alpha value is -2.89. The molecular weight excluding hydrogens is 322 g/mol. The van der Waals surface area contributed by atoms with Crippen LogP contribution in [0, 0.1) is 30.9 Å². The maximum absolute atomic E-state index is 11.9. The number of hydrogen-bond donors (Lipinski definition) is 0. The van der Waals surface area contributed by atoms with E-state index in [1.165, 1.54) is 25.3 Å². The van der Waals surface area contributed by atoms with Gasteiger partial charge in [-0.3, -0.25) is 14.9 Å². The number of hydrogen-bond acceptors (Lipinski definition) is 5. The van der Waals surface area contributed by atoms with E-state index in [9.17, 15) is 14.9 Å². The third kappa shape index (κ3) is 3.79. The number of nitro groups is 1. The van der Waals surface area contributed by atoms with Crippen molar-refractivity contribution < 1.29 is 19.2 Å². The highest BCUT2D eigenvalue weighted by Gasteiger charge is 2.16. The van der Waals surface area contributed by atoms with Gasteiger partial charge < -0.3 is 9.47 Å². The van der Waals surface area contributed by atoms with Crippen LogP contribution in [0.4, 0.5) is 5.69 Å². The maximum atomic E-state index is 11.9. The van der Waals surface area contributed by atoms with Gasteiger partial charge in [0.1, 0.15) is 6.61 Å². The minimum Gasteiger partial charge on any atom is -0.493 e. The van der Waals surface area contributed by atoms with E-state index in [0.29, 0.717) is 17.1 Å². The Morgan fingerprint density at radius 3 is 2.36 bits per heavy atom. The van der Waals surface area contributed by atoms with Crippen molar-refractivity contribution >= 4 is 11.5 Å². The van der Waals surface area contributed by atoms with Gasteiger partial charge in [-0.05, 0) is 56.0 Å². The topological polar surface area (TPSA) is 78.7 Å². The van der Waals surface area contributed by atoms with E-state index in [4.69, 9.17) is 9.47 Å². The third-order valence-corrected chi connectivity index (χ3v) is 4.21. The number of Topliss-reactive ketones (excluding diaryl/α,β-unsaturated/α-hetero) is 1. The number of methoxy groups -OCH3 is 1. The van der Waals surface area contributed by atoms with Crippen molar-refractivity contribution in [1.29, 1.82) is 0 Å². The van der Waals surface area contributed by atoms with Crippen molar-refractivity contribution in [3.8, 4) is 11.5 Å². The van der Waals surface area contributed by atoms with E-state index < -0.39 is 4.92 Å². The lowest BCUT2D eigenvalue weighted by Crippen LogP contribution is -2.08. The van der Waals surface area contributed by atoms with Gasteiger partial charge in [0.25, 0.3) is 5.69 Å². The molecule has 25 heavy (non-hydrogen) atoms. The highest BCUT2D eigenvalue weighted by Crippen LogP contribution is 2.32. The highest BCUT2D eigenvalue weighted by molar-refractivity contribution is 5.97. The van der Waals surface area contributed by atoms with Crippen LogP contribution < -0.4 is 9.47 Å². The van der Waals surface area contributed by atoms with E-state index in [0.717, 1.165) is 22.3 Å². The average molecular weight is 343 g/mol. The molecule has 6 heteroatoms. The molecule has 0 saturated carbocycles. The first-order valence-electron chi connectivity index (χ1n) is 7.82. The fourth-order valence-electron chi connectivity index (χ4n) is 3.03. The normalized spacial score (nSPS) is 10.4. The molecule has 0 aliphatic heterocycles. The highest BCUT2D eigenvalue weighted by atomic mass is 16.6. The number of aryl methyl sites for hydroxylation is 2. The smallest absolute Gasteiger partial charge is 0.273 e. The van der Waals surface area contributed by atoms with Gasteiger partial charge in [-0.1, -0.05) is 6.07 Å². The Balaban J connectivity index is 2.35. The lowest BCUT2D eigenvalue weighted by atomic mass is 9.92. The number of nitro benzene ring substituents is 1. The quantitative estimate of drug-likeness (QED) is 0.443. The second kappa shape index (κ2) is 7.34. The summed E-state index contributed by atoms with van der Waals surface area (Å²) < 4.78 is 11.0. The number of carbonyl (C=O) groups is 1. The Morgan fingerprint density at radius 1 is 1.12 bits per heavy atom. The van der Waals surface area contributed by atoms with E-state index in [-0.39, 0.29) is 18.1 Å². The van der Waals surface area contributed by atoms with Crippen molar-refractivity contribution in [2.45, 2.75) is 34.3 Å². The van der Waals surface area contributed by atoms with Crippen molar-refractivity contribution in [1.82, 2.24) is 0 Å². The van der Waals surface area contributed by atoms with Crippen molar-refractivity contribution in [3.05, 3.63) is 62.2 Å². The first-order valence-corrected chi connectivity index (χ1v) is 7.82. The van der Waals surface area contributed by atoms with Crippen LogP contribution >= 0.6 is 0 Å². The molecule has 0 bridgehead atoms. The zero-order valence-electron chi connectivity index (χ0n) is 15.0. The summed E-state index contributed by atoms with van der Waals surface area (Å²) in [6, 6.07) is 6.18. The predicted octanol–water partition coefficient (Wildman–Crippen LogP) is 4.31. The fourth-order valence-corrected chi connectivity index (χ4v) is 3.03. The molecule has 2 aromatic carbocycles. The summed E-state index contributed by atoms with van der Waals surface area (Å²) in [6.07, 6.45) is 0. The number of nitrogens with zero attached hydrogens (tertiary/aromatic N) is 1. The van der Waals surface area contributed by atoms with Gasteiger partial charge in [0.2, 0.25) is 0 Å². The molecule has 0 aliphatic rings. The molecule has 0 amide bonds. The zero-order valence-corrected chi connectivity index (χ0v) is 15.0. The summed E-state index contributed by atoms with van der Waals surface area (Å²) >= 11 is 0. The molecule has 6 nitrogen and oxygen atoms in total. The van der Waals surface area contributed by atoms with E-state index in [1.807, 2.05) is 26.8 Å². The van der Waals surface area contributed by atoms with Crippen LogP contribution in [0.1, 0.15) is 39.5 Å². The number of rotatable bonds is 6. The molecule has 0 fully saturated rings. The number of ether oxygens (including phenoxy) is 2. The van der Waals surface area contributed by atoms with Gasteiger partial charge in [-0.2, -0.15) is 0 Å². The molecule has 0 unspecified atom stereocenters. The summed E-state index contributed by atoms with van der Waals surface area (Å²) in [4.78, 5) is 22.3. The maximum Gasteiger partial charge on any atom is 0.273 e. The molecule has 0 heterocycles. The van der Waals surface area contributed by atoms with Crippen LogP contribution in [-0.2, 0) is 6.61 Å². The van der Waals surface area contributed by atoms with Crippen LogP contribution in [0.3, 0.4) is 0 Å². The monoisotopic (exact) mass is 343 g/mol. The van der Waals surface area contributed by atoms with Gasteiger partial charge in [-0.25, -0.2) is 0 Å². The van der Waals surface area contributed by atoms with Crippen molar-refractivity contribution in [2.24, 2.45) is 0 Å². The Labute approximate surface area is 146 Å². The van der Waals surface area contributed by atoms with Crippen molar-refractivity contribution in [2.75, 3.05) is 7.11 Å². The average Bonchev–Trinajstić information content (AvgIpc) is 2.53. The molecule has 2 rings (SSSR count). The number of benzene rings is 2. The molecule has 132 valence electrons. The summed E-state index contributed by atoms with van der Waals surface area (Å²) in [5.41, 5.74) is 4.44. The van der Waals surface area contributed by atoms with Crippen LogP contribution in [0.25, 0.3) is 0 Å².